The predicted molar refractivity (Wildman–Crippen MR) is 40.5 cm³/mol. The second-order valence-corrected chi connectivity index (χ2v) is 2.40. The number of nitro groups is 1. The van der Waals surface area contributed by atoms with Gasteiger partial charge in [0.25, 0.3) is 6.43 Å². The topological polar surface area (TPSA) is 79.8 Å². The van der Waals surface area contributed by atoms with E-state index in [9.17, 15) is 23.3 Å². The van der Waals surface area contributed by atoms with Gasteiger partial charge in [-0.2, -0.15) is 9.65 Å². The molecule has 0 aliphatic rings. The number of hydrogen-bond donors (Lipinski definition) is 0. The van der Waals surface area contributed by atoms with Gasteiger partial charge >= 0.3 is 5.69 Å². The number of aromatic nitrogens is 1. The molecule has 0 aliphatic heterocycles. The number of nitriles is 1. The van der Waals surface area contributed by atoms with E-state index in [1.54, 1.807) is 0 Å². The highest BCUT2D eigenvalue weighted by atomic mass is 19.3. The zero-order chi connectivity index (χ0) is 11.6. The van der Waals surface area contributed by atoms with E-state index in [0.29, 0.717) is 0 Å². The average Bonchev–Trinajstić information content (AvgIpc) is 2.15. The maximum Gasteiger partial charge on any atom is 0.340 e. The first-order valence-electron chi connectivity index (χ1n) is 3.50. The minimum absolute atomic E-state index is 0.240. The zero-order valence-electron chi connectivity index (χ0n) is 6.95. The summed E-state index contributed by atoms with van der Waals surface area (Å²) in [6, 6.07) is 1.43. The van der Waals surface area contributed by atoms with E-state index in [1.165, 1.54) is 6.07 Å². The Labute approximate surface area is 80.9 Å². The average molecular weight is 217 g/mol. The molecule has 0 aromatic carbocycles. The van der Waals surface area contributed by atoms with Gasteiger partial charge in [-0.3, -0.25) is 10.1 Å². The molecule has 0 fully saturated rings. The molecule has 0 unspecified atom stereocenters. The zero-order valence-corrected chi connectivity index (χ0v) is 6.95. The smallest absolute Gasteiger partial charge is 0.258 e. The van der Waals surface area contributed by atoms with E-state index in [-0.39, 0.29) is 6.07 Å². The fourth-order valence-electron chi connectivity index (χ4n) is 0.889. The molecule has 0 atom stereocenters. The van der Waals surface area contributed by atoms with Crippen LogP contribution in [0.25, 0.3) is 0 Å². The lowest BCUT2D eigenvalue weighted by molar-refractivity contribution is -0.388. The summed E-state index contributed by atoms with van der Waals surface area (Å²) in [5, 5.41) is 18.6. The molecule has 8 heteroatoms. The molecule has 1 heterocycles. The molecule has 0 spiro atoms. The fraction of sp³-hybridized carbons (Fsp3) is 0.143. The Bertz CT molecular complexity index is 456. The maximum atomic E-state index is 12.9. The van der Waals surface area contributed by atoms with Crippen LogP contribution in [0.2, 0.25) is 0 Å². The van der Waals surface area contributed by atoms with Gasteiger partial charge < -0.3 is 0 Å². The summed E-state index contributed by atoms with van der Waals surface area (Å²) in [4.78, 5) is 12.1. The van der Waals surface area contributed by atoms with Gasteiger partial charge in [0.1, 0.15) is 11.8 Å². The minimum atomic E-state index is -3.09. The molecule has 0 saturated carbocycles. The Balaban J connectivity index is 3.46. The Hall–Kier alpha value is -2.17. The Morgan fingerprint density at radius 2 is 2.20 bits per heavy atom. The monoisotopic (exact) mass is 217 g/mol. The van der Waals surface area contributed by atoms with Crippen molar-refractivity contribution in [2.75, 3.05) is 0 Å². The van der Waals surface area contributed by atoms with Crippen LogP contribution in [-0.4, -0.2) is 9.91 Å². The van der Waals surface area contributed by atoms with E-state index in [1.807, 2.05) is 0 Å². The van der Waals surface area contributed by atoms with Crippen LogP contribution >= 0.6 is 0 Å². The lowest BCUT2D eigenvalue weighted by atomic mass is 10.2. The largest absolute Gasteiger partial charge is 0.340 e. The number of nitrogens with zero attached hydrogens (tertiary/aromatic N) is 3. The molecule has 1 aromatic heterocycles. The molecule has 5 nitrogen and oxygen atoms in total. The SMILES string of the molecule is N#Cc1nc(C(F)F)cc(F)c1[N+](=O)[O-]. The number of hydrogen-bond acceptors (Lipinski definition) is 4. The molecule has 1 rings (SSSR count). The van der Waals surface area contributed by atoms with Gasteiger partial charge in [0, 0.05) is 6.07 Å². The third kappa shape index (κ3) is 2.01. The molecule has 15 heavy (non-hydrogen) atoms. The summed E-state index contributed by atoms with van der Waals surface area (Å²) in [5.41, 5.74) is -3.16. The van der Waals surface area contributed by atoms with Crippen LogP contribution in [0.5, 0.6) is 0 Å². The van der Waals surface area contributed by atoms with Crippen molar-refractivity contribution in [3.63, 3.8) is 0 Å². The number of rotatable bonds is 2. The maximum absolute atomic E-state index is 12.9. The first kappa shape index (κ1) is 10.9. The number of pyridine rings is 1. The van der Waals surface area contributed by atoms with Crippen LogP contribution in [0.4, 0.5) is 18.9 Å². The van der Waals surface area contributed by atoms with Crippen molar-refractivity contribution < 1.29 is 18.1 Å². The second-order valence-electron chi connectivity index (χ2n) is 2.40. The molecule has 0 bridgehead atoms. The van der Waals surface area contributed by atoms with Crippen molar-refractivity contribution >= 4 is 5.69 Å². The highest BCUT2D eigenvalue weighted by molar-refractivity contribution is 5.45. The third-order valence-electron chi connectivity index (χ3n) is 1.48. The van der Waals surface area contributed by atoms with Crippen molar-refractivity contribution in [3.05, 3.63) is 33.4 Å². The third-order valence-corrected chi connectivity index (χ3v) is 1.48. The molecule has 0 N–H and O–H groups in total. The summed E-state index contributed by atoms with van der Waals surface area (Å²) >= 11 is 0. The highest BCUT2D eigenvalue weighted by Gasteiger charge is 2.25. The summed E-state index contributed by atoms with van der Waals surface area (Å²) in [6.07, 6.45) is -3.09. The van der Waals surface area contributed by atoms with E-state index in [2.05, 4.69) is 4.98 Å². The molecule has 0 aliphatic carbocycles. The van der Waals surface area contributed by atoms with Crippen LogP contribution in [0.3, 0.4) is 0 Å². The van der Waals surface area contributed by atoms with Gasteiger partial charge in [-0.05, 0) is 0 Å². The van der Waals surface area contributed by atoms with Gasteiger partial charge in [-0.1, -0.05) is 0 Å². The number of halogens is 3. The molecular formula is C7H2F3N3O2. The fourth-order valence-corrected chi connectivity index (χ4v) is 0.889. The van der Waals surface area contributed by atoms with E-state index < -0.39 is 34.2 Å². The Kier molecular flexibility index (Phi) is 2.85. The van der Waals surface area contributed by atoms with Crippen molar-refractivity contribution in [2.45, 2.75) is 6.43 Å². The lowest BCUT2D eigenvalue weighted by Crippen LogP contribution is -2.02. The van der Waals surface area contributed by atoms with Crippen molar-refractivity contribution in [3.8, 4) is 6.07 Å². The Morgan fingerprint density at radius 3 is 2.60 bits per heavy atom. The quantitative estimate of drug-likeness (QED) is 0.560. The van der Waals surface area contributed by atoms with Crippen LogP contribution in [0, 0.1) is 27.3 Å². The van der Waals surface area contributed by atoms with Crippen LogP contribution in [-0.2, 0) is 0 Å². The van der Waals surface area contributed by atoms with Gasteiger partial charge in [0.05, 0.1) is 4.92 Å². The van der Waals surface area contributed by atoms with E-state index >= 15 is 0 Å². The summed E-state index contributed by atoms with van der Waals surface area (Å²) in [6.45, 7) is 0. The second kappa shape index (κ2) is 3.91. The summed E-state index contributed by atoms with van der Waals surface area (Å²) in [5.74, 6) is -1.50. The van der Waals surface area contributed by atoms with Crippen LogP contribution < -0.4 is 0 Å². The normalized spacial score (nSPS) is 10.1. The van der Waals surface area contributed by atoms with Crippen molar-refractivity contribution in [2.24, 2.45) is 0 Å². The molecule has 1 aromatic rings. The lowest BCUT2D eigenvalue weighted by Gasteiger charge is -2.00. The van der Waals surface area contributed by atoms with Crippen molar-refractivity contribution in [1.29, 1.82) is 5.26 Å². The van der Waals surface area contributed by atoms with Crippen LogP contribution in [0.1, 0.15) is 17.8 Å². The predicted octanol–water partition coefficient (Wildman–Crippen LogP) is 1.94. The molecule has 0 saturated heterocycles. The highest BCUT2D eigenvalue weighted by Crippen LogP contribution is 2.25. The van der Waals surface area contributed by atoms with Crippen LogP contribution in [0.15, 0.2) is 6.07 Å². The van der Waals surface area contributed by atoms with E-state index in [4.69, 9.17) is 5.26 Å². The standard InChI is InChI=1S/C7H2F3N3O2/c8-3-1-4(7(9)10)12-5(2-11)6(3)13(14)15/h1,7H. The van der Waals surface area contributed by atoms with Gasteiger partial charge in [0.2, 0.25) is 11.5 Å². The molecular weight excluding hydrogens is 215 g/mol. The molecule has 0 radical (unpaired) electrons. The first-order chi connectivity index (χ1) is 6.97. The first-order valence-corrected chi connectivity index (χ1v) is 3.50. The molecule has 78 valence electrons. The summed E-state index contributed by atoms with van der Waals surface area (Å²) < 4.78 is 37.1. The van der Waals surface area contributed by atoms with Crippen molar-refractivity contribution in [1.82, 2.24) is 4.98 Å². The van der Waals surface area contributed by atoms with Gasteiger partial charge in [-0.15, -0.1) is 0 Å². The minimum Gasteiger partial charge on any atom is -0.258 e. The molecule has 0 amide bonds. The summed E-state index contributed by atoms with van der Waals surface area (Å²) in [7, 11) is 0. The number of alkyl halides is 2. The Morgan fingerprint density at radius 1 is 1.60 bits per heavy atom. The van der Waals surface area contributed by atoms with E-state index in [0.717, 1.165) is 0 Å². The van der Waals surface area contributed by atoms with Gasteiger partial charge in [0.15, 0.2) is 0 Å². The van der Waals surface area contributed by atoms with Gasteiger partial charge in [-0.25, -0.2) is 13.8 Å².